The summed E-state index contributed by atoms with van der Waals surface area (Å²) >= 11 is 0. The van der Waals surface area contributed by atoms with E-state index in [9.17, 15) is 9.90 Å². The molecule has 0 heterocycles. The molecule has 0 bridgehead atoms. The minimum absolute atomic E-state index is 0.222. The van der Waals surface area contributed by atoms with Gasteiger partial charge in [0, 0.05) is 31.1 Å². The van der Waals surface area contributed by atoms with Gasteiger partial charge in [-0.25, -0.2) is 0 Å². The molecule has 0 saturated heterocycles. The number of aliphatic imine (C=N–C) groups is 2. The average Bonchev–Trinajstić information content (AvgIpc) is 2.85. The van der Waals surface area contributed by atoms with Crippen molar-refractivity contribution in [3.8, 4) is 5.75 Å². The summed E-state index contributed by atoms with van der Waals surface area (Å²) in [4.78, 5) is 17.8. The van der Waals surface area contributed by atoms with Crippen LogP contribution in [0.1, 0.15) is 32.3 Å². The topological polar surface area (TPSA) is 94.3 Å². The maximum absolute atomic E-state index is 9.84. The molecule has 0 atom stereocenters. The number of aliphatic carboxylic acids is 1. The summed E-state index contributed by atoms with van der Waals surface area (Å²) in [6, 6.07) is 7.25. The van der Waals surface area contributed by atoms with Crippen molar-refractivity contribution >= 4 is 18.5 Å². The van der Waals surface area contributed by atoms with Gasteiger partial charge in [0.05, 0.1) is 5.70 Å². The van der Waals surface area contributed by atoms with Gasteiger partial charge in [0.1, 0.15) is 11.6 Å². The number of nitrogens with one attached hydrogen (secondary N) is 1. The Balaban J connectivity index is 0.000000646. The Bertz CT molecular complexity index is 790. The van der Waals surface area contributed by atoms with E-state index in [1.54, 1.807) is 26.1 Å². The molecular formula is C21H27N3O3. The Kier molecular flexibility index (Phi) is 9.29. The Hall–Kier alpha value is -3.15. The predicted octanol–water partition coefficient (Wildman–Crippen LogP) is 3.85. The van der Waals surface area contributed by atoms with Gasteiger partial charge in [-0.2, -0.15) is 0 Å². The number of nitrogens with zero attached hydrogens (tertiary/aromatic N) is 2. The Morgan fingerprint density at radius 1 is 1.30 bits per heavy atom. The quantitative estimate of drug-likeness (QED) is 0.543. The van der Waals surface area contributed by atoms with Crippen LogP contribution in [0.15, 0.2) is 69.3 Å². The third-order valence-electron chi connectivity index (χ3n) is 3.82. The summed E-state index contributed by atoms with van der Waals surface area (Å²) in [5.41, 5.74) is 3.80. The number of carboxylic acid groups (broad SMARTS) is 1. The Labute approximate surface area is 160 Å². The van der Waals surface area contributed by atoms with Crippen molar-refractivity contribution in [2.24, 2.45) is 9.98 Å². The Morgan fingerprint density at radius 2 is 1.96 bits per heavy atom. The van der Waals surface area contributed by atoms with E-state index in [-0.39, 0.29) is 12.2 Å². The van der Waals surface area contributed by atoms with Crippen molar-refractivity contribution in [2.75, 3.05) is 7.05 Å². The third-order valence-corrected chi connectivity index (χ3v) is 3.82. The highest BCUT2D eigenvalue weighted by Crippen LogP contribution is 2.21. The highest BCUT2D eigenvalue weighted by atomic mass is 16.4. The van der Waals surface area contributed by atoms with Crippen LogP contribution in [-0.2, 0) is 11.3 Å². The first-order chi connectivity index (χ1) is 12.9. The zero-order valence-electron chi connectivity index (χ0n) is 16.1. The van der Waals surface area contributed by atoms with E-state index < -0.39 is 5.97 Å². The molecule has 0 aliphatic heterocycles. The number of phenolic OH excluding ortho intramolecular Hbond substituents is 1. The summed E-state index contributed by atoms with van der Waals surface area (Å²) in [6.07, 6.45) is 7.19. The summed E-state index contributed by atoms with van der Waals surface area (Å²) < 4.78 is 0. The molecule has 1 aliphatic rings. The third kappa shape index (κ3) is 7.32. The number of hydrogen-bond donors (Lipinski definition) is 3. The van der Waals surface area contributed by atoms with Crippen molar-refractivity contribution in [3.05, 3.63) is 64.9 Å². The summed E-state index contributed by atoms with van der Waals surface area (Å²) in [5, 5.41) is 20.8. The molecule has 0 radical (unpaired) electrons. The van der Waals surface area contributed by atoms with Crippen molar-refractivity contribution in [3.63, 3.8) is 0 Å². The van der Waals surface area contributed by atoms with Crippen LogP contribution in [-0.4, -0.2) is 35.8 Å². The lowest BCUT2D eigenvalue weighted by molar-refractivity contribution is -0.136. The van der Waals surface area contributed by atoms with Crippen LogP contribution in [0.4, 0.5) is 0 Å². The average molecular weight is 369 g/mol. The van der Waals surface area contributed by atoms with E-state index in [1.165, 1.54) is 5.57 Å². The number of para-hydroxylation sites is 1. The van der Waals surface area contributed by atoms with Crippen molar-refractivity contribution in [2.45, 2.75) is 33.2 Å². The lowest BCUT2D eigenvalue weighted by Crippen LogP contribution is -2.25. The molecule has 0 saturated carbocycles. The fourth-order valence-corrected chi connectivity index (χ4v) is 2.23. The fourth-order valence-electron chi connectivity index (χ4n) is 2.23. The molecule has 0 spiro atoms. The van der Waals surface area contributed by atoms with Crippen LogP contribution < -0.4 is 5.32 Å². The number of phenols is 1. The van der Waals surface area contributed by atoms with Gasteiger partial charge in [-0.3, -0.25) is 14.8 Å². The highest BCUT2D eigenvalue weighted by molar-refractivity contribution is 6.02. The van der Waals surface area contributed by atoms with Crippen LogP contribution in [0.5, 0.6) is 5.75 Å². The number of carboxylic acids is 1. The minimum Gasteiger partial charge on any atom is -0.508 e. The summed E-state index contributed by atoms with van der Waals surface area (Å²) in [7, 11) is 1.73. The second-order valence-electron chi connectivity index (χ2n) is 5.85. The number of allylic oxidation sites excluding steroid dienone is 4. The molecule has 1 aliphatic carbocycles. The molecule has 6 nitrogen and oxygen atoms in total. The second-order valence-corrected chi connectivity index (χ2v) is 5.85. The van der Waals surface area contributed by atoms with Crippen molar-refractivity contribution in [1.29, 1.82) is 0 Å². The maximum Gasteiger partial charge on any atom is 0.303 e. The van der Waals surface area contributed by atoms with Crippen LogP contribution >= 0.6 is 0 Å². The first kappa shape index (κ1) is 21.9. The maximum atomic E-state index is 9.84. The fraction of sp³-hybridized carbons (Fsp3) is 0.286. The number of carbonyl (C=O) groups is 1. The number of benzene rings is 1. The zero-order chi connectivity index (χ0) is 20.2. The molecule has 0 unspecified atom stereocenters. The van der Waals surface area contributed by atoms with Gasteiger partial charge < -0.3 is 15.5 Å². The standard InChI is InChI=1S/C18H21N3O.C3H6O2/c1-13-8-10-15(16(19-2)11-9-13)18(20-3)21-12-14-6-4-5-7-17(14)22;1-2-3(4)5/h4-8,10-11,22H,2,9,12H2,1,3H3,(H,20,21);2H2,1H3,(H,4,5). The summed E-state index contributed by atoms with van der Waals surface area (Å²) in [6.45, 7) is 7.81. The highest BCUT2D eigenvalue weighted by Gasteiger charge is 2.13. The lowest BCUT2D eigenvalue weighted by atomic mass is 10.1. The van der Waals surface area contributed by atoms with E-state index in [2.05, 4.69) is 35.0 Å². The van der Waals surface area contributed by atoms with E-state index in [1.807, 2.05) is 24.3 Å². The van der Waals surface area contributed by atoms with Crippen LogP contribution in [0.25, 0.3) is 0 Å². The molecule has 3 N–H and O–H groups in total. The molecule has 1 aromatic carbocycles. The number of aromatic hydroxyl groups is 1. The van der Waals surface area contributed by atoms with Gasteiger partial charge in [0.25, 0.3) is 0 Å². The first-order valence-corrected chi connectivity index (χ1v) is 8.67. The van der Waals surface area contributed by atoms with E-state index in [4.69, 9.17) is 5.11 Å². The summed E-state index contributed by atoms with van der Waals surface area (Å²) in [5.74, 6) is 0.256. The lowest BCUT2D eigenvalue weighted by Gasteiger charge is -2.13. The van der Waals surface area contributed by atoms with E-state index in [0.29, 0.717) is 6.54 Å². The molecule has 0 aromatic heterocycles. The first-order valence-electron chi connectivity index (χ1n) is 8.67. The second kappa shape index (κ2) is 11.5. The van der Waals surface area contributed by atoms with Gasteiger partial charge in [0.15, 0.2) is 0 Å². The van der Waals surface area contributed by atoms with Crippen LogP contribution in [0.2, 0.25) is 0 Å². The van der Waals surface area contributed by atoms with E-state index in [0.717, 1.165) is 29.1 Å². The van der Waals surface area contributed by atoms with Gasteiger partial charge >= 0.3 is 5.97 Å². The normalized spacial score (nSPS) is 13.9. The molecule has 2 rings (SSSR count). The number of amidine groups is 1. The largest absolute Gasteiger partial charge is 0.508 e. The van der Waals surface area contributed by atoms with Crippen molar-refractivity contribution in [1.82, 2.24) is 5.32 Å². The Morgan fingerprint density at radius 3 is 2.52 bits per heavy atom. The molecular weight excluding hydrogens is 342 g/mol. The minimum atomic E-state index is -0.745. The zero-order valence-corrected chi connectivity index (χ0v) is 16.1. The predicted molar refractivity (Wildman–Crippen MR) is 110 cm³/mol. The molecule has 0 fully saturated rings. The molecule has 27 heavy (non-hydrogen) atoms. The van der Waals surface area contributed by atoms with Crippen LogP contribution in [0.3, 0.4) is 0 Å². The van der Waals surface area contributed by atoms with E-state index >= 15 is 0 Å². The van der Waals surface area contributed by atoms with Gasteiger partial charge in [-0.15, -0.1) is 0 Å². The number of hydrogen-bond acceptors (Lipinski definition) is 4. The molecule has 6 heteroatoms. The van der Waals surface area contributed by atoms with Crippen LogP contribution in [0, 0.1) is 0 Å². The van der Waals surface area contributed by atoms with Gasteiger partial charge in [0.2, 0.25) is 0 Å². The molecule has 1 aromatic rings. The van der Waals surface area contributed by atoms with Gasteiger partial charge in [-0.1, -0.05) is 42.8 Å². The number of rotatable bonds is 5. The smallest absolute Gasteiger partial charge is 0.303 e. The van der Waals surface area contributed by atoms with Crippen molar-refractivity contribution < 1.29 is 15.0 Å². The molecule has 144 valence electrons. The molecule has 0 amide bonds. The van der Waals surface area contributed by atoms with Gasteiger partial charge in [-0.05, 0) is 32.2 Å². The SMILES string of the molecule is C=NC1=CCC(C)=CC=C1C(=NC)NCc1ccccc1O.CCC(=O)O. The monoisotopic (exact) mass is 369 g/mol.